The summed E-state index contributed by atoms with van der Waals surface area (Å²) < 4.78 is 13.8. The van der Waals surface area contributed by atoms with Crippen molar-refractivity contribution in [2.45, 2.75) is 12.6 Å². The molecule has 7 heteroatoms. The molecule has 0 amide bonds. The summed E-state index contributed by atoms with van der Waals surface area (Å²) in [5.41, 5.74) is 0.460. The van der Waals surface area contributed by atoms with Crippen molar-refractivity contribution in [3.8, 4) is 0 Å². The van der Waals surface area contributed by atoms with Gasteiger partial charge in [-0.05, 0) is 22.4 Å². The van der Waals surface area contributed by atoms with Crippen LogP contribution in [0.2, 0.25) is 0 Å². The maximum Gasteiger partial charge on any atom is 0.305 e. The van der Waals surface area contributed by atoms with Crippen molar-refractivity contribution in [3.05, 3.63) is 62.1 Å². The van der Waals surface area contributed by atoms with Crippen LogP contribution in [0.5, 0.6) is 0 Å². The molecule has 1 heterocycles. The van der Waals surface area contributed by atoms with Crippen LogP contribution in [0.3, 0.4) is 0 Å². The average molecular weight is 296 g/mol. The van der Waals surface area contributed by atoms with Gasteiger partial charge in [0.15, 0.2) is 0 Å². The average Bonchev–Trinajstić information content (AvgIpc) is 2.94. The molecule has 0 radical (unpaired) electrons. The van der Waals surface area contributed by atoms with E-state index in [4.69, 9.17) is 0 Å². The quantitative estimate of drug-likeness (QED) is 0.634. The molecule has 0 aliphatic heterocycles. The first-order chi connectivity index (χ1) is 9.59. The SMILES string of the molecule is O=[N+]([O-])c1cccc(CNCC(O)c2ccsc2)c1F. The summed E-state index contributed by atoms with van der Waals surface area (Å²) in [5.74, 6) is -0.838. The third-order valence-electron chi connectivity index (χ3n) is 2.84. The minimum atomic E-state index is -0.838. The molecule has 0 saturated heterocycles. The van der Waals surface area contributed by atoms with Crippen LogP contribution < -0.4 is 5.32 Å². The van der Waals surface area contributed by atoms with E-state index in [0.717, 1.165) is 11.6 Å². The monoisotopic (exact) mass is 296 g/mol. The Labute approximate surface area is 118 Å². The Bertz CT molecular complexity index is 589. The van der Waals surface area contributed by atoms with Gasteiger partial charge in [0.1, 0.15) is 0 Å². The molecule has 20 heavy (non-hydrogen) atoms. The van der Waals surface area contributed by atoms with Crippen molar-refractivity contribution in [1.29, 1.82) is 0 Å². The lowest BCUT2D eigenvalue weighted by molar-refractivity contribution is -0.387. The standard InChI is InChI=1S/C13H13FN2O3S/c14-13-9(2-1-3-11(13)16(18)19)6-15-7-12(17)10-4-5-20-8-10/h1-5,8,12,15,17H,6-7H2. The lowest BCUT2D eigenvalue weighted by Crippen LogP contribution is -2.21. The molecule has 0 aliphatic carbocycles. The number of hydrogen-bond acceptors (Lipinski definition) is 5. The molecule has 1 aromatic heterocycles. The Balaban J connectivity index is 1.95. The van der Waals surface area contributed by atoms with E-state index in [-0.39, 0.29) is 18.7 Å². The molecule has 1 unspecified atom stereocenters. The van der Waals surface area contributed by atoms with Gasteiger partial charge in [0.2, 0.25) is 5.82 Å². The normalized spacial score (nSPS) is 12.3. The van der Waals surface area contributed by atoms with Crippen LogP contribution in [0, 0.1) is 15.9 Å². The first kappa shape index (κ1) is 14.6. The fraction of sp³-hybridized carbons (Fsp3) is 0.231. The minimum Gasteiger partial charge on any atom is -0.387 e. The van der Waals surface area contributed by atoms with Gasteiger partial charge in [-0.25, -0.2) is 0 Å². The molecule has 5 nitrogen and oxygen atoms in total. The van der Waals surface area contributed by atoms with Gasteiger partial charge >= 0.3 is 5.69 Å². The molecular weight excluding hydrogens is 283 g/mol. The first-order valence-corrected chi connectivity index (χ1v) is 6.86. The lowest BCUT2D eigenvalue weighted by Gasteiger charge is -2.10. The number of hydrogen-bond donors (Lipinski definition) is 2. The second-order valence-corrected chi connectivity index (χ2v) is 4.99. The van der Waals surface area contributed by atoms with Gasteiger partial charge in [-0.1, -0.05) is 12.1 Å². The van der Waals surface area contributed by atoms with E-state index < -0.39 is 22.5 Å². The van der Waals surface area contributed by atoms with Crippen molar-refractivity contribution in [3.63, 3.8) is 0 Å². The molecule has 0 fully saturated rings. The topological polar surface area (TPSA) is 75.4 Å². The minimum absolute atomic E-state index is 0.120. The number of nitro groups is 1. The number of rotatable bonds is 6. The highest BCUT2D eigenvalue weighted by atomic mass is 32.1. The Kier molecular flexibility index (Phi) is 4.78. The zero-order valence-corrected chi connectivity index (χ0v) is 11.3. The predicted octanol–water partition coefficient (Wildman–Crippen LogP) is 2.62. The van der Waals surface area contributed by atoms with E-state index in [2.05, 4.69) is 5.32 Å². The fourth-order valence-electron chi connectivity index (χ4n) is 1.77. The molecule has 2 aromatic rings. The molecule has 1 atom stereocenters. The van der Waals surface area contributed by atoms with Gasteiger partial charge in [-0.15, -0.1) is 0 Å². The second-order valence-electron chi connectivity index (χ2n) is 4.21. The van der Waals surface area contributed by atoms with E-state index >= 15 is 0 Å². The van der Waals surface area contributed by atoms with Crippen LogP contribution in [-0.4, -0.2) is 16.6 Å². The third kappa shape index (κ3) is 3.38. The largest absolute Gasteiger partial charge is 0.387 e. The second kappa shape index (κ2) is 6.56. The van der Waals surface area contributed by atoms with Crippen molar-refractivity contribution in [2.24, 2.45) is 0 Å². The van der Waals surface area contributed by atoms with Crippen molar-refractivity contribution in [1.82, 2.24) is 5.32 Å². The van der Waals surface area contributed by atoms with Crippen molar-refractivity contribution in [2.75, 3.05) is 6.54 Å². The number of thiophene rings is 1. The Hall–Kier alpha value is -1.83. The fourth-order valence-corrected chi connectivity index (χ4v) is 2.48. The number of nitrogens with zero attached hydrogens (tertiary/aromatic N) is 1. The van der Waals surface area contributed by atoms with Crippen LogP contribution in [0.1, 0.15) is 17.2 Å². The van der Waals surface area contributed by atoms with Gasteiger partial charge in [-0.2, -0.15) is 15.7 Å². The molecule has 2 N–H and O–H groups in total. The maximum atomic E-state index is 13.8. The number of nitrogens with one attached hydrogen (secondary N) is 1. The summed E-state index contributed by atoms with van der Waals surface area (Å²) in [6.07, 6.45) is -0.678. The van der Waals surface area contributed by atoms with Gasteiger partial charge in [0.05, 0.1) is 11.0 Å². The highest BCUT2D eigenvalue weighted by molar-refractivity contribution is 7.07. The molecule has 2 rings (SSSR count). The van der Waals surface area contributed by atoms with E-state index in [1.807, 2.05) is 16.8 Å². The van der Waals surface area contributed by atoms with Crippen LogP contribution in [0.25, 0.3) is 0 Å². The Morgan fingerprint density at radius 2 is 2.25 bits per heavy atom. The number of nitro benzene ring substituents is 1. The third-order valence-corrected chi connectivity index (χ3v) is 3.54. The summed E-state index contributed by atoms with van der Waals surface area (Å²) in [5, 5.41) is 27.0. The van der Waals surface area contributed by atoms with E-state index in [0.29, 0.717) is 0 Å². The molecular formula is C13H13FN2O3S. The Morgan fingerprint density at radius 1 is 1.45 bits per heavy atom. The molecule has 0 saturated carbocycles. The van der Waals surface area contributed by atoms with Crippen molar-refractivity contribution < 1.29 is 14.4 Å². The molecule has 0 bridgehead atoms. The van der Waals surface area contributed by atoms with Crippen LogP contribution >= 0.6 is 11.3 Å². The smallest absolute Gasteiger partial charge is 0.305 e. The van der Waals surface area contributed by atoms with Crippen LogP contribution in [-0.2, 0) is 6.54 Å². The van der Waals surface area contributed by atoms with E-state index in [1.54, 1.807) is 0 Å². The highest BCUT2D eigenvalue weighted by Gasteiger charge is 2.17. The van der Waals surface area contributed by atoms with Gasteiger partial charge in [-0.3, -0.25) is 10.1 Å². The number of aliphatic hydroxyl groups is 1. The van der Waals surface area contributed by atoms with Gasteiger partial charge in [0.25, 0.3) is 0 Å². The molecule has 0 spiro atoms. The number of halogens is 1. The lowest BCUT2D eigenvalue weighted by atomic mass is 10.1. The number of aliphatic hydroxyl groups excluding tert-OH is 1. The van der Waals surface area contributed by atoms with Crippen LogP contribution in [0.4, 0.5) is 10.1 Å². The Morgan fingerprint density at radius 3 is 2.90 bits per heavy atom. The summed E-state index contributed by atoms with van der Waals surface area (Å²) in [4.78, 5) is 9.87. The van der Waals surface area contributed by atoms with Crippen molar-refractivity contribution >= 4 is 17.0 Å². The van der Waals surface area contributed by atoms with E-state index in [1.165, 1.54) is 23.5 Å². The summed E-state index contributed by atoms with van der Waals surface area (Å²) in [6.45, 7) is 0.369. The zero-order chi connectivity index (χ0) is 14.5. The molecule has 0 aliphatic rings. The van der Waals surface area contributed by atoms with Gasteiger partial charge in [0, 0.05) is 24.7 Å². The van der Waals surface area contributed by atoms with Gasteiger partial charge < -0.3 is 10.4 Å². The molecule has 106 valence electrons. The summed E-state index contributed by atoms with van der Waals surface area (Å²) in [7, 11) is 0. The predicted molar refractivity (Wildman–Crippen MR) is 74.0 cm³/mol. The van der Waals surface area contributed by atoms with Crippen LogP contribution in [0.15, 0.2) is 35.0 Å². The highest BCUT2D eigenvalue weighted by Crippen LogP contribution is 2.20. The summed E-state index contributed by atoms with van der Waals surface area (Å²) in [6, 6.07) is 5.85. The van der Waals surface area contributed by atoms with E-state index in [9.17, 15) is 19.6 Å². The maximum absolute atomic E-state index is 13.8. The zero-order valence-electron chi connectivity index (χ0n) is 10.5. The molecule has 1 aromatic carbocycles. The first-order valence-electron chi connectivity index (χ1n) is 5.92. The summed E-state index contributed by atoms with van der Waals surface area (Å²) >= 11 is 1.48. The number of benzene rings is 1.